The number of piperidine rings is 1. The van der Waals surface area contributed by atoms with E-state index in [1.165, 1.54) is 12.8 Å². The summed E-state index contributed by atoms with van der Waals surface area (Å²) in [6.45, 7) is 7.50. The zero-order valence-electron chi connectivity index (χ0n) is 21.0. The van der Waals surface area contributed by atoms with Gasteiger partial charge in [0.1, 0.15) is 12.6 Å². The number of amides is 3. The second-order valence-corrected chi connectivity index (χ2v) is 10.6. The van der Waals surface area contributed by atoms with Gasteiger partial charge in [-0.25, -0.2) is 0 Å². The highest BCUT2D eigenvalue weighted by molar-refractivity contribution is 6.09. The predicted molar refractivity (Wildman–Crippen MR) is 137 cm³/mol. The van der Waals surface area contributed by atoms with Crippen molar-refractivity contribution in [3.8, 4) is 0 Å². The van der Waals surface area contributed by atoms with Gasteiger partial charge in [-0.2, -0.15) is 0 Å². The van der Waals surface area contributed by atoms with E-state index in [2.05, 4.69) is 22.0 Å². The summed E-state index contributed by atoms with van der Waals surface area (Å²) in [5.41, 5.74) is 2.25. The Morgan fingerprint density at radius 2 is 1.69 bits per heavy atom. The van der Waals surface area contributed by atoms with Crippen LogP contribution in [0.5, 0.6) is 0 Å². The largest absolute Gasteiger partial charge is 0.358 e. The zero-order valence-corrected chi connectivity index (χ0v) is 21.0. The third-order valence-electron chi connectivity index (χ3n) is 8.22. The smallest absolute Gasteiger partial charge is 0.253 e. The van der Waals surface area contributed by atoms with Crippen LogP contribution in [0.25, 0.3) is 0 Å². The lowest BCUT2D eigenvalue weighted by Crippen LogP contribution is -2.57. The molecule has 190 valence electrons. The highest BCUT2D eigenvalue weighted by atomic mass is 16.2. The molecule has 0 spiro atoms. The van der Waals surface area contributed by atoms with E-state index < -0.39 is 0 Å². The van der Waals surface area contributed by atoms with Crippen LogP contribution in [0.1, 0.15) is 68.6 Å². The number of likely N-dealkylation sites (tertiary alicyclic amines) is 2. The fourth-order valence-corrected chi connectivity index (χ4v) is 6.14. The minimum atomic E-state index is -0.223. The minimum absolute atomic E-state index is 0.00434. The molecule has 4 heterocycles. The van der Waals surface area contributed by atoms with Crippen molar-refractivity contribution in [1.82, 2.24) is 15.1 Å². The maximum absolute atomic E-state index is 13.6. The summed E-state index contributed by atoms with van der Waals surface area (Å²) in [6, 6.07) is 5.93. The Hall–Kier alpha value is -2.61. The van der Waals surface area contributed by atoms with E-state index in [9.17, 15) is 14.4 Å². The zero-order chi connectivity index (χ0) is 24.4. The van der Waals surface area contributed by atoms with Gasteiger partial charge in [0, 0.05) is 37.8 Å². The quantitative estimate of drug-likeness (QED) is 0.648. The molecule has 3 amide bonds. The number of benzene rings is 1. The molecule has 5 rings (SSSR count). The molecule has 0 aliphatic carbocycles. The van der Waals surface area contributed by atoms with Crippen molar-refractivity contribution in [3.63, 3.8) is 0 Å². The van der Waals surface area contributed by atoms with Crippen molar-refractivity contribution in [2.45, 2.75) is 70.4 Å². The average molecular weight is 482 g/mol. The molecule has 35 heavy (non-hydrogen) atoms. The van der Waals surface area contributed by atoms with Gasteiger partial charge in [0.05, 0.1) is 11.4 Å². The summed E-state index contributed by atoms with van der Waals surface area (Å²) in [7, 11) is 0. The van der Waals surface area contributed by atoms with Crippen LogP contribution in [0.2, 0.25) is 0 Å². The fourth-order valence-electron chi connectivity index (χ4n) is 6.14. The molecular formula is C27H39N5O3. The standard InChI is InChI=1S/C27H39N5O3/c1-20(29-13-4-5-14-29)11-12-28-25(33)19-32-24-18-21(26(34)30-15-6-7-16-30)9-10-22(24)31-17-3-2-8-23(31)27(32)35/h9-10,18,20,23H,2-8,11-17,19H2,1H3,(H,28,33)/t20-,23-/m1/s1. The first-order valence-electron chi connectivity index (χ1n) is 13.5. The van der Waals surface area contributed by atoms with Crippen molar-refractivity contribution in [3.05, 3.63) is 23.8 Å². The third kappa shape index (κ3) is 5.03. The summed E-state index contributed by atoms with van der Waals surface area (Å²) in [6.07, 6.45) is 8.36. The molecule has 1 aromatic carbocycles. The average Bonchev–Trinajstić information content (AvgIpc) is 3.61. The number of carbonyl (C=O) groups excluding carboxylic acids is 3. The van der Waals surface area contributed by atoms with E-state index in [0.717, 1.165) is 76.9 Å². The van der Waals surface area contributed by atoms with Gasteiger partial charge in [0.2, 0.25) is 11.8 Å². The topological polar surface area (TPSA) is 76.2 Å². The third-order valence-corrected chi connectivity index (χ3v) is 8.22. The number of carbonyl (C=O) groups is 3. The van der Waals surface area contributed by atoms with Gasteiger partial charge < -0.3 is 20.0 Å². The molecule has 1 N–H and O–H groups in total. The van der Waals surface area contributed by atoms with Crippen LogP contribution in [0, 0.1) is 0 Å². The van der Waals surface area contributed by atoms with Gasteiger partial charge in [0.15, 0.2) is 0 Å². The summed E-state index contributed by atoms with van der Waals surface area (Å²) >= 11 is 0. The molecule has 4 aliphatic heterocycles. The van der Waals surface area contributed by atoms with Crippen LogP contribution in [-0.2, 0) is 9.59 Å². The Labute approximate surface area is 208 Å². The maximum Gasteiger partial charge on any atom is 0.253 e. The highest BCUT2D eigenvalue weighted by Gasteiger charge is 2.40. The first-order chi connectivity index (χ1) is 17.0. The summed E-state index contributed by atoms with van der Waals surface area (Å²) in [5, 5.41) is 3.04. The van der Waals surface area contributed by atoms with Crippen molar-refractivity contribution in [1.29, 1.82) is 0 Å². The summed E-state index contributed by atoms with van der Waals surface area (Å²) < 4.78 is 0. The molecule has 0 saturated carbocycles. The number of anilines is 2. The molecule has 0 bridgehead atoms. The Balaban J connectivity index is 1.31. The molecule has 3 fully saturated rings. The van der Waals surface area contributed by atoms with E-state index in [1.54, 1.807) is 4.90 Å². The van der Waals surface area contributed by atoms with E-state index in [4.69, 9.17) is 0 Å². The van der Waals surface area contributed by atoms with E-state index in [-0.39, 0.29) is 30.3 Å². The Bertz CT molecular complexity index is 954. The number of hydrogen-bond donors (Lipinski definition) is 1. The van der Waals surface area contributed by atoms with Gasteiger partial charge in [-0.05, 0) is 89.6 Å². The maximum atomic E-state index is 13.6. The highest BCUT2D eigenvalue weighted by Crippen LogP contribution is 2.40. The molecular weight excluding hydrogens is 442 g/mol. The predicted octanol–water partition coefficient (Wildman–Crippen LogP) is 2.62. The fraction of sp³-hybridized carbons (Fsp3) is 0.667. The lowest BCUT2D eigenvalue weighted by atomic mass is 9.95. The SMILES string of the molecule is C[C@H](CCNC(=O)CN1C(=O)[C@H]2CCCCN2c2ccc(C(=O)N3CCCC3)cc21)N1CCCC1. The number of fused-ring (bicyclic) bond motifs is 3. The molecule has 2 atom stereocenters. The monoisotopic (exact) mass is 481 g/mol. The molecule has 0 aromatic heterocycles. The normalized spacial score (nSPS) is 23.3. The van der Waals surface area contributed by atoms with Crippen molar-refractivity contribution < 1.29 is 14.4 Å². The van der Waals surface area contributed by atoms with Crippen LogP contribution in [0.15, 0.2) is 18.2 Å². The first-order valence-corrected chi connectivity index (χ1v) is 13.5. The van der Waals surface area contributed by atoms with Crippen molar-refractivity contribution in [2.24, 2.45) is 0 Å². The molecule has 0 radical (unpaired) electrons. The number of hydrogen-bond acceptors (Lipinski definition) is 5. The van der Waals surface area contributed by atoms with Crippen LogP contribution in [0.3, 0.4) is 0 Å². The van der Waals surface area contributed by atoms with Crippen LogP contribution in [-0.4, -0.2) is 85.4 Å². The minimum Gasteiger partial charge on any atom is -0.358 e. The van der Waals surface area contributed by atoms with Gasteiger partial charge >= 0.3 is 0 Å². The number of nitrogens with zero attached hydrogens (tertiary/aromatic N) is 4. The molecule has 8 heteroatoms. The Morgan fingerprint density at radius 3 is 2.46 bits per heavy atom. The van der Waals surface area contributed by atoms with Gasteiger partial charge in [-0.3, -0.25) is 19.3 Å². The van der Waals surface area contributed by atoms with Gasteiger partial charge in [0.25, 0.3) is 5.91 Å². The van der Waals surface area contributed by atoms with Crippen LogP contribution < -0.4 is 15.1 Å². The molecule has 1 aromatic rings. The Morgan fingerprint density at radius 1 is 0.971 bits per heavy atom. The van der Waals surface area contributed by atoms with Gasteiger partial charge in [-0.1, -0.05) is 0 Å². The molecule has 0 unspecified atom stereocenters. The van der Waals surface area contributed by atoms with E-state index in [1.807, 2.05) is 23.1 Å². The molecule has 3 saturated heterocycles. The van der Waals surface area contributed by atoms with Crippen molar-refractivity contribution >= 4 is 29.1 Å². The van der Waals surface area contributed by atoms with Crippen LogP contribution >= 0.6 is 0 Å². The molecule has 8 nitrogen and oxygen atoms in total. The van der Waals surface area contributed by atoms with Gasteiger partial charge in [-0.15, -0.1) is 0 Å². The second-order valence-electron chi connectivity index (χ2n) is 10.6. The van der Waals surface area contributed by atoms with Crippen molar-refractivity contribution in [2.75, 3.05) is 55.6 Å². The second kappa shape index (κ2) is 10.6. The Kier molecular flexibility index (Phi) is 7.27. The van der Waals surface area contributed by atoms with E-state index >= 15 is 0 Å². The summed E-state index contributed by atoms with van der Waals surface area (Å²) in [4.78, 5) is 47.7. The lowest BCUT2D eigenvalue weighted by Gasteiger charge is -2.45. The first kappa shape index (κ1) is 24.1. The van der Waals surface area contributed by atoms with E-state index in [0.29, 0.717) is 23.8 Å². The number of rotatable bonds is 7. The summed E-state index contributed by atoms with van der Waals surface area (Å²) in [5.74, 6) is -0.152. The molecule has 4 aliphatic rings. The number of nitrogens with one attached hydrogen (secondary N) is 1. The lowest BCUT2D eigenvalue weighted by molar-refractivity contribution is -0.125. The van der Waals surface area contributed by atoms with Crippen LogP contribution in [0.4, 0.5) is 11.4 Å².